The molecule has 0 aliphatic carbocycles. The summed E-state index contributed by atoms with van der Waals surface area (Å²) >= 11 is 0. The summed E-state index contributed by atoms with van der Waals surface area (Å²) < 4.78 is 39.6. The molecule has 0 saturated carbocycles. The third kappa shape index (κ3) is 56.2. The molecule has 0 bridgehead atoms. The topological polar surface area (TPSA) is 155 Å². The lowest BCUT2D eigenvalue weighted by atomic mass is 10.1. The molecular weight excluding hydrogens is 976 g/mol. The van der Waals surface area contributed by atoms with Crippen molar-refractivity contribution in [2.24, 2.45) is 0 Å². The Morgan fingerprint density at radius 3 is 1.01 bits per heavy atom. The summed E-state index contributed by atoms with van der Waals surface area (Å²) in [4.78, 5) is 48.7. The molecule has 0 spiro atoms. The first kappa shape index (κ1) is 73.4. The smallest absolute Gasteiger partial charge is 0.462 e. The molecule has 0 rings (SSSR count). The van der Waals surface area contributed by atoms with Gasteiger partial charge in [0.15, 0.2) is 6.10 Å². The number of rotatable bonds is 59. The second kappa shape index (κ2) is 58.6. The highest BCUT2D eigenvalue weighted by Gasteiger charge is 2.28. The number of phosphoric acid groups is 1. The number of unbranched alkanes of at least 4 members (excludes halogenated alkanes) is 34. The van der Waals surface area contributed by atoms with E-state index in [4.69, 9.17) is 23.3 Å². The van der Waals surface area contributed by atoms with E-state index < -0.39 is 57.8 Å². The van der Waals surface area contributed by atoms with Gasteiger partial charge < -0.3 is 24.2 Å². The predicted octanol–water partition coefficient (Wildman–Crippen LogP) is 18.9. The highest BCUT2D eigenvalue weighted by Crippen LogP contribution is 2.43. The van der Waals surface area contributed by atoms with Crippen molar-refractivity contribution in [2.75, 3.05) is 26.4 Å². The molecule has 0 heterocycles. The number of allylic oxidation sites excluding steroid dienone is 8. The lowest BCUT2D eigenvalue weighted by molar-refractivity contribution is -0.161. The quantitative estimate of drug-likeness (QED) is 0.0197. The van der Waals surface area contributed by atoms with Gasteiger partial charge in [-0.05, 0) is 103 Å². The maximum absolute atomic E-state index is 12.9. The number of ether oxygens (including phenoxy) is 3. The minimum Gasteiger partial charge on any atom is -0.462 e. The third-order valence-electron chi connectivity index (χ3n) is 13.7. The monoisotopic (exact) mass is 1090 g/mol. The van der Waals surface area contributed by atoms with Crippen LogP contribution in [0.15, 0.2) is 48.6 Å². The van der Waals surface area contributed by atoms with Crippen molar-refractivity contribution in [3.05, 3.63) is 48.6 Å². The van der Waals surface area contributed by atoms with Gasteiger partial charge >= 0.3 is 25.7 Å². The zero-order valence-electron chi connectivity index (χ0n) is 49.2. The number of aliphatic hydroxyl groups is 1. The molecule has 12 heteroatoms. The molecule has 76 heavy (non-hydrogen) atoms. The molecular formula is C64H117O11P. The van der Waals surface area contributed by atoms with E-state index in [1.54, 1.807) is 0 Å². The van der Waals surface area contributed by atoms with E-state index in [1.807, 2.05) is 0 Å². The summed E-state index contributed by atoms with van der Waals surface area (Å²) in [5, 5.41) is 9.84. The Hall–Kier alpha value is -2.56. The first-order valence-corrected chi connectivity index (χ1v) is 33.0. The highest BCUT2D eigenvalue weighted by atomic mass is 31.2. The molecule has 0 aromatic carbocycles. The summed E-state index contributed by atoms with van der Waals surface area (Å²) in [6.45, 7) is 4.64. The van der Waals surface area contributed by atoms with Crippen LogP contribution in [0.3, 0.4) is 0 Å². The van der Waals surface area contributed by atoms with Gasteiger partial charge in [0.05, 0.1) is 19.8 Å². The van der Waals surface area contributed by atoms with E-state index in [1.165, 1.54) is 141 Å². The van der Waals surface area contributed by atoms with Gasteiger partial charge in [-0.1, -0.05) is 230 Å². The summed E-state index contributed by atoms with van der Waals surface area (Å²) in [6.07, 6.45) is 63.4. The predicted molar refractivity (Wildman–Crippen MR) is 316 cm³/mol. The van der Waals surface area contributed by atoms with Gasteiger partial charge in [0, 0.05) is 19.3 Å². The maximum atomic E-state index is 12.9. The van der Waals surface area contributed by atoms with Gasteiger partial charge in [0.1, 0.15) is 12.7 Å². The third-order valence-corrected chi connectivity index (χ3v) is 14.6. The summed E-state index contributed by atoms with van der Waals surface area (Å²) in [5.41, 5.74) is 0. The molecule has 3 unspecified atom stereocenters. The van der Waals surface area contributed by atoms with Crippen molar-refractivity contribution >= 4 is 25.7 Å². The van der Waals surface area contributed by atoms with E-state index in [9.17, 15) is 28.9 Å². The molecule has 0 saturated heterocycles. The SMILES string of the molecule is CCCCC/C=C\C/C=C\CCCCCCCCCC(=O)OC(COC(=O)CCCCCCC/C=C\CCCCCCCC)COP(=O)(O)OCC(CO)OC(=O)CCCCCCCCC/C=C\CCCCCCCC. The van der Waals surface area contributed by atoms with Gasteiger partial charge in [-0.15, -0.1) is 0 Å². The van der Waals surface area contributed by atoms with Crippen LogP contribution in [0.5, 0.6) is 0 Å². The molecule has 0 aliphatic rings. The summed E-state index contributed by atoms with van der Waals surface area (Å²) in [6, 6.07) is 0. The van der Waals surface area contributed by atoms with Crippen molar-refractivity contribution in [1.29, 1.82) is 0 Å². The number of hydrogen-bond acceptors (Lipinski definition) is 10. The fourth-order valence-corrected chi connectivity index (χ4v) is 9.63. The Balaban J connectivity index is 4.69. The van der Waals surface area contributed by atoms with Crippen LogP contribution in [0.2, 0.25) is 0 Å². The molecule has 0 aromatic rings. The van der Waals surface area contributed by atoms with Crippen molar-refractivity contribution in [3.8, 4) is 0 Å². The molecule has 11 nitrogen and oxygen atoms in total. The van der Waals surface area contributed by atoms with Gasteiger partial charge in [-0.25, -0.2) is 4.57 Å². The van der Waals surface area contributed by atoms with Crippen LogP contribution in [-0.2, 0) is 42.2 Å². The minimum absolute atomic E-state index is 0.158. The van der Waals surface area contributed by atoms with Crippen molar-refractivity contribution in [1.82, 2.24) is 0 Å². The highest BCUT2D eigenvalue weighted by molar-refractivity contribution is 7.47. The van der Waals surface area contributed by atoms with Gasteiger partial charge in [0.25, 0.3) is 0 Å². The standard InChI is InChI=1S/C64H117O11P/c1-4-7-10-13-16-19-22-25-28-30-33-36-39-42-45-48-51-54-63(67)74-60(56-65)58-72-76(69,70)73-59-61(57-71-62(66)53-50-47-44-41-38-35-32-27-24-21-18-15-12-9-6-3)75-64(68)55-52-49-46-43-40-37-34-31-29-26-23-20-17-14-11-8-5-2/h17,20,25-29,32,60-61,65H,4-16,18-19,21-24,30-31,33-59H2,1-3H3,(H,69,70)/b20-17-,28-25-,29-26-,32-27-. The first-order chi connectivity index (χ1) is 37.2. The second-order valence-corrected chi connectivity index (χ2v) is 22.7. The van der Waals surface area contributed by atoms with Crippen LogP contribution in [0.1, 0.15) is 303 Å². The van der Waals surface area contributed by atoms with Crippen LogP contribution in [0, 0.1) is 0 Å². The number of hydrogen-bond donors (Lipinski definition) is 2. The largest absolute Gasteiger partial charge is 0.472 e. The van der Waals surface area contributed by atoms with Crippen molar-refractivity contribution in [2.45, 2.75) is 315 Å². The number of carbonyl (C=O) groups is 3. The molecule has 0 aromatic heterocycles. The van der Waals surface area contributed by atoms with E-state index in [0.29, 0.717) is 19.3 Å². The van der Waals surface area contributed by atoms with Crippen molar-refractivity contribution in [3.63, 3.8) is 0 Å². The number of carbonyl (C=O) groups excluding carboxylic acids is 3. The van der Waals surface area contributed by atoms with Gasteiger partial charge in [-0.3, -0.25) is 23.4 Å². The van der Waals surface area contributed by atoms with Crippen LogP contribution >= 0.6 is 7.82 Å². The van der Waals surface area contributed by atoms with E-state index in [0.717, 1.165) is 103 Å². The number of esters is 3. The number of aliphatic hydroxyl groups excluding tert-OH is 1. The van der Waals surface area contributed by atoms with E-state index >= 15 is 0 Å². The molecule has 0 amide bonds. The van der Waals surface area contributed by atoms with Crippen LogP contribution < -0.4 is 0 Å². The Kier molecular flexibility index (Phi) is 56.6. The molecule has 0 radical (unpaired) electrons. The normalized spacial score (nSPS) is 13.6. The Morgan fingerprint density at radius 2 is 0.645 bits per heavy atom. The first-order valence-electron chi connectivity index (χ1n) is 31.5. The zero-order chi connectivity index (χ0) is 55.5. The average Bonchev–Trinajstić information content (AvgIpc) is 3.41. The van der Waals surface area contributed by atoms with Gasteiger partial charge in [0.2, 0.25) is 0 Å². The molecule has 3 atom stereocenters. The van der Waals surface area contributed by atoms with Crippen molar-refractivity contribution < 1.29 is 52.2 Å². The molecule has 444 valence electrons. The number of phosphoric ester groups is 1. The Morgan fingerprint density at radius 1 is 0.368 bits per heavy atom. The minimum atomic E-state index is -4.75. The maximum Gasteiger partial charge on any atom is 0.472 e. The van der Waals surface area contributed by atoms with E-state index in [-0.39, 0.29) is 25.9 Å². The van der Waals surface area contributed by atoms with Crippen LogP contribution in [0.4, 0.5) is 0 Å². The summed E-state index contributed by atoms with van der Waals surface area (Å²) in [5.74, 6) is -1.47. The average molecular weight is 1090 g/mol. The molecule has 0 fully saturated rings. The second-order valence-electron chi connectivity index (χ2n) is 21.2. The lowest BCUT2D eigenvalue weighted by Crippen LogP contribution is -2.30. The molecule has 2 N–H and O–H groups in total. The van der Waals surface area contributed by atoms with Crippen LogP contribution in [0.25, 0.3) is 0 Å². The van der Waals surface area contributed by atoms with Crippen LogP contribution in [-0.4, -0.2) is 66.5 Å². The summed E-state index contributed by atoms with van der Waals surface area (Å²) in [7, 11) is -4.75. The van der Waals surface area contributed by atoms with E-state index in [2.05, 4.69) is 69.4 Å². The Labute approximate surface area is 466 Å². The van der Waals surface area contributed by atoms with Gasteiger partial charge in [-0.2, -0.15) is 0 Å². The zero-order valence-corrected chi connectivity index (χ0v) is 50.1. The fourth-order valence-electron chi connectivity index (χ4n) is 8.85. The lowest BCUT2D eigenvalue weighted by Gasteiger charge is -2.21. The Bertz CT molecular complexity index is 1460. The molecule has 0 aliphatic heterocycles. The fraction of sp³-hybridized carbons (Fsp3) is 0.828.